The standard InChI is InChI=1S/C19H19N3O3/c1-19(2)7-6-15(23)13-8-12(4-5-14(13)19)22-10-11(9-20)16(21)17(22)18(24)25-3/h4-5,8,10H,6-7,21H2,1-3H3. The molecule has 0 atom stereocenters. The van der Waals surface area contributed by atoms with Crippen LogP contribution in [0.5, 0.6) is 0 Å². The second-order valence-electron chi connectivity index (χ2n) is 6.82. The van der Waals surface area contributed by atoms with Crippen LogP contribution in [0.25, 0.3) is 5.69 Å². The number of nitrogen functional groups attached to an aromatic ring is 1. The van der Waals surface area contributed by atoms with Crippen LogP contribution in [0.1, 0.15) is 58.7 Å². The third-order valence-corrected chi connectivity index (χ3v) is 4.83. The number of anilines is 1. The molecule has 6 nitrogen and oxygen atoms in total. The normalized spacial score (nSPS) is 15.4. The van der Waals surface area contributed by atoms with Crippen molar-refractivity contribution in [2.75, 3.05) is 12.8 Å². The maximum atomic E-state index is 12.4. The largest absolute Gasteiger partial charge is 0.464 e. The van der Waals surface area contributed by atoms with Gasteiger partial charge in [-0.05, 0) is 29.5 Å². The number of nitrogens with two attached hydrogens (primary N) is 1. The number of nitrogens with zero attached hydrogens (tertiary/aromatic N) is 2. The quantitative estimate of drug-likeness (QED) is 0.850. The molecule has 1 aromatic carbocycles. The first-order valence-electron chi connectivity index (χ1n) is 7.97. The number of rotatable bonds is 2. The molecule has 1 heterocycles. The van der Waals surface area contributed by atoms with Crippen LogP contribution in [0.4, 0.5) is 5.69 Å². The van der Waals surface area contributed by atoms with Crippen LogP contribution >= 0.6 is 0 Å². The van der Waals surface area contributed by atoms with E-state index in [4.69, 9.17) is 10.5 Å². The topological polar surface area (TPSA) is 98.1 Å². The van der Waals surface area contributed by atoms with Crippen LogP contribution in [-0.4, -0.2) is 23.4 Å². The first kappa shape index (κ1) is 16.8. The summed E-state index contributed by atoms with van der Waals surface area (Å²) in [6.45, 7) is 4.22. The minimum absolute atomic E-state index is 0.0683. The molecule has 0 saturated heterocycles. The summed E-state index contributed by atoms with van der Waals surface area (Å²) in [5.41, 5.74) is 8.42. The van der Waals surface area contributed by atoms with E-state index in [1.54, 1.807) is 6.07 Å². The molecule has 0 saturated carbocycles. The zero-order valence-corrected chi connectivity index (χ0v) is 14.4. The van der Waals surface area contributed by atoms with Crippen molar-refractivity contribution in [1.29, 1.82) is 5.26 Å². The fraction of sp³-hybridized carbons (Fsp3) is 0.316. The maximum Gasteiger partial charge on any atom is 0.357 e. The molecule has 2 N–H and O–H groups in total. The van der Waals surface area contributed by atoms with Gasteiger partial charge in [0.25, 0.3) is 0 Å². The van der Waals surface area contributed by atoms with Gasteiger partial charge in [0, 0.05) is 23.9 Å². The molecule has 0 bridgehead atoms. The highest BCUT2D eigenvalue weighted by Crippen LogP contribution is 2.38. The van der Waals surface area contributed by atoms with E-state index in [2.05, 4.69) is 13.8 Å². The van der Waals surface area contributed by atoms with Crippen LogP contribution in [0.2, 0.25) is 0 Å². The van der Waals surface area contributed by atoms with Crippen molar-refractivity contribution >= 4 is 17.4 Å². The molecule has 25 heavy (non-hydrogen) atoms. The van der Waals surface area contributed by atoms with Gasteiger partial charge < -0.3 is 15.0 Å². The molecular weight excluding hydrogens is 318 g/mol. The van der Waals surface area contributed by atoms with E-state index in [0.29, 0.717) is 17.7 Å². The van der Waals surface area contributed by atoms with E-state index < -0.39 is 5.97 Å². The summed E-state index contributed by atoms with van der Waals surface area (Å²) in [6, 6.07) is 7.46. The summed E-state index contributed by atoms with van der Waals surface area (Å²) in [4.78, 5) is 24.5. The predicted octanol–water partition coefficient (Wildman–Crippen LogP) is 2.97. The molecule has 1 aromatic heterocycles. The summed E-state index contributed by atoms with van der Waals surface area (Å²) in [7, 11) is 1.25. The molecule has 6 heteroatoms. The average Bonchev–Trinajstić information content (AvgIpc) is 2.94. The molecule has 0 fully saturated rings. The minimum Gasteiger partial charge on any atom is -0.464 e. The number of carbonyl (C=O) groups excluding carboxylic acids is 2. The molecule has 0 aliphatic heterocycles. The number of benzene rings is 1. The Labute approximate surface area is 145 Å². The zero-order valence-electron chi connectivity index (χ0n) is 14.4. The Morgan fingerprint density at radius 1 is 1.40 bits per heavy atom. The SMILES string of the molecule is COC(=O)c1c(N)c(C#N)cn1-c1ccc2c(c1)C(=O)CCC2(C)C. The van der Waals surface area contributed by atoms with Gasteiger partial charge >= 0.3 is 5.97 Å². The van der Waals surface area contributed by atoms with E-state index in [1.165, 1.54) is 17.9 Å². The Kier molecular flexibility index (Phi) is 3.88. The van der Waals surface area contributed by atoms with Crippen molar-refractivity contribution < 1.29 is 14.3 Å². The van der Waals surface area contributed by atoms with E-state index in [9.17, 15) is 14.9 Å². The highest BCUT2D eigenvalue weighted by Gasteiger charge is 2.32. The summed E-state index contributed by atoms with van der Waals surface area (Å²) in [6.07, 6.45) is 2.78. The van der Waals surface area contributed by atoms with Gasteiger partial charge in [-0.25, -0.2) is 4.79 Å². The highest BCUT2D eigenvalue weighted by atomic mass is 16.5. The molecule has 2 aromatic rings. The van der Waals surface area contributed by atoms with E-state index in [-0.39, 0.29) is 28.1 Å². The maximum absolute atomic E-state index is 12.4. The molecule has 0 radical (unpaired) electrons. The molecule has 0 amide bonds. The van der Waals surface area contributed by atoms with Gasteiger partial charge in [-0.1, -0.05) is 19.9 Å². The zero-order chi connectivity index (χ0) is 18.4. The van der Waals surface area contributed by atoms with Crippen LogP contribution < -0.4 is 5.73 Å². The molecule has 1 aliphatic rings. The molecule has 1 aliphatic carbocycles. The molecule has 128 valence electrons. The van der Waals surface area contributed by atoms with Crippen LogP contribution in [0, 0.1) is 11.3 Å². The molecule has 0 spiro atoms. The fourth-order valence-corrected chi connectivity index (χ4v) is 3.32. The Bertz CT molecular complexity index is 932. The van der Waals surface area contributed by atoms with E-state index in [1.807, 2.05) is 18.2 Å². The van der Waals surface area contributed by atoms with E-state index in [0.717, 1.165) is 12.0 Å². The monoisotopic (exact) mass is 337 g/mol. The van der Waals surface area contributed by atoms with Gasteiger partial charge in [0.15, 0.2) is 11.5 Å². The molecule has 3 rings (SSSR count). The smallest absolute Gasteiger partial charge is 0.357 e. The number of esters is 1. The molecular formula is C19H19N3O3. The number of methoxy groups -OCH3 is 1. The Morgan fingerprint density at radius 3 is 2.76 bits per heavy atom. The Hall–Kier alpha value is -3.07. The number of carbonyl (C=O) groups is 2. The van der Waals surface area contributed by atoms with E-state index >= 15 is 0 Å². The second-order valence-corrected chi connectivity index (χ2v) is 6.82. The van der Waals surface area contributed by atoms with Gasteiger partial charge in [0.2, 0.25) is 0 Å². The number of hydrogen-bond acceptors (Lipinski definition) is 5. The van der Waals surface area contributed by atoms with Crippen molar-refractivity contribution in [2.45, 2.75) is 32.1 Å². The minimum atomic E-state index is -0.636. The number of hydrogen-bond donors (Lipinski definition) is 1. The van der Waals surface area contributed by atoms with Gasteiger partial charge in [-0.3, -0.25) is 4.79 Å². The van der Waals surface area contributed by atoms with Crippen molar-refractivity contribution in [1.82, 2.24) is 4.57 Å². The third kappa shape index (κ3) is 2.58. The summed E-state index contributed by atoms with van der Waals surface area (Å²) < 4.78 is 6.30. The predicted molar refractivity (Wildman–Crippen MR) is 92.8 cm³/mol. The number of aromatic nitrogens is 1. The van der Waals surface area contributed by atoms with Crippen molar-refractivity contribution in [3.05, 3.63) is 46.8 Å². The lowest BCUT2D eigenvalue weighted by Gasteiger charge is -2.32. The number of ketones is 1. The van der Waals surface area contributed by atoms with Crippen molar-refractivity contribution in [3.63, 3.8) is 0 Å². The Morgan fingerprint density at radius 2 is 2.12 bits per heavy atom. The number of fused-ring (bicyclic) bond motifs is 1. The lowest BCUT2D eigenvalue weighted by atomic mass is 9.72. The third-order valence-electron chi connectivity index (χ3n) is 4.83. The summed E-state index contributed by atoms with van der Waals surface area (Å²) in [5.74, 6) is -0.556. The van der Waals surface area contributed by atoms with Gasteiger partial charge in [-0.15, -0.1) is 0 Å². The van der Waals surface area contributed by atoms with Gasteiger partial charge in [0.05, 0.1) is 18.4 Å². The first-order valence-corrected chi connectivity index (χ1v) is 7.97. The lowest BCUT2D eigenvalue weighted by molar-refractivity contribution is 0.0593. The van der Waals surface area contributed by atoms with Crippen LogP contribution in [0.3, 0.4) is 0 Å². The number of Topliss-reactive ketones (excluding diaryl/α,β-unsaturated/α-hetero) is 1. The second kappa shape index (κ2) is 5.78. The number of nitriles is 1. The van der Waals surface area contributed by atoms with Crippen molar-refractivity contribution in [3.8, 4) is 11.8 Å². The first-order chi connectivity index (χ1) is 11.8. The summed E-state index contributed by atoms with van der Waals surface area (Å²) >= 11 is 0. The van der Waals surface area contributed by atoms with Gasteiger partial charge in [0.1, 0.15) is 6.07 Å². The average molecular weight is 337 g/mol. The van der Waals surface area contributed by atoms with Crippen molar-refractivity contribution in [2.24, 2.45) is 0 Å². The van der Waals surface area contributed by atoms with Crippen LogP contribution in [0.15, 0.2) is 24.4 Å². The van der Waals surface area contributed by atoms with Gasteiger partial charge in [-0.2, -0.15) is 5.26 Å². The lowest BCUT2D eigenvalue weighted by Crippen LogP contribution is -2.27. The number of ether oxygens (including phenoxy) is 1. The fourth-order valence-electron chi connectivity index (χ4n) is 3.32. The summed E-state index contributed by atoms with van der Waals surface area (Å²) in [5, 5.41) is 9.21. The Balaban J connectivity index is 2.22. The van der Waals surface area contributed by atoms with Crippen LogP contribution in [-0.2, 0) is 10.2 Å². The highest BCUT2D eigenvalue weighted by molar-refractivity contribution is 6.00. The molecule has 0 unspecified atom stereocenters.